The third-order valence-corrected chi connectivity index (χ3v) is 1.44. The molecule has 3 heteroatoms. The van der Waals surface area contributed by atoms with Crippen LogP contribution in [0.3, 0.4) is 0 Å². The van der Waals surface area contributed by atoms with Crippen LogP contribution in [0, 0.1) is 0 Å². The van der Waals surface area contributed by atoms with Crippen molar-refractivity contribution in [1.29, 1.82) is 0 Å². The first kappa shape index (κ1) is 9.13. The Balaban J connectivity index is 2.44. The molecule has 0 aliphatic heterocycles. The van der Waals surface area contributed by atoms with Crippen LogP contribution in [0.15, 0.2) is 18.6 Å². The summed E-state index contributed by atoms with van der Waals surface area (Å²) in [4.78, 5) is 7.96. The third-order valence-electron chi connectivity index (χ3n) is 1.44. The predicted octanol–water partition coefficient (Wildman–Crippen LogP) is 1.36. The summed E-state index contributed by atoms with van der Waals surface area (Å²) in [5.74, 6) is 0. The first-order valence-corrected chi connectivity index (χ1v) is 4.08. The van der Waals surface area contributed by atoms with E-state index in [2.05, 4.69) is 36.1 Å². The SMILES string of the molecule is CC(C)(C)NCc1ccncn1. The molecule has 0 aromatic carbocycles. The van der Waals surface area contributed by atoms with Gasteiger partial charge in [-0.1, -0.05) is 0 Å². The standard InChI is InChI=1S/C9H15N3/c1-9(2,3)12-6-8-4-5-10-7-11-8/h4-5,7,12H,6H2,1-3H3. The van der Waals surface area contributed by atoms with Gasteiger partial charge in [-0.3, -0.25) is 0 Å². The average Bonchev–Trinajstić information content (AvgIpc) is 2.02. The van der Waals surface area contributed by atoms with Crippen LogP contribution < -0.4 is 5.32 Å². The number of aromatic nitrogens is 2. The molecule has 0 unspecified atom stereocenters. The van der Waals surface area contributed by atoms with Crippen molar-refractivity contribution in [1.82, 2.24) is 15.3 Å². The van der Waals surface area contributed by atoms with E-state index >= 15 is 0 Å². The van der Waals surface area contributed by atoms with Gasteiger partial charge in [-0.2, -0.15) is 0 Å². The first-order valence-electron chi connectivity index (χ1n) is 4.08. The zero-order chi connectivity index (χ0) is 9.03. The van der Waals surface area contributed by atoms with Crippen molar-refractivity contribution in [2.75, 3.05) is 0 Å². The fourth-order valence-corrected chi connectivity index (χ4v) is 0.778. The molecule has 1 N–H and O–H groups in total. The summed E-state index contributed by atoms with van der Waals surface area (Å²) >= 11 is 0. The van der Waals surface area contributed by atoms with Gasteiger partial charge in [-0.05, 0) is 26.8 Å². The summed E-state index contributed by atoms with van der Waals surface area (Å²) in [7, 11) is 0. The third kappa shape index (κ3) is 3.44. The Morgan fingerprint density at radius 2 is 2.17 bits per heavy atom. The molecule has 0 aliphatic rings. The van der Waals surface area contributed by atoms with E-state index in [0.717, 1.165) is 12.2 Å². The average molecular weight is 165 g/mol. The van der Waals surface area contributed by atoms with Gasteiger partial charge in [0.15, 0.2) is 0 Å². The summed E-state index contributed by atoms with van der Waals surface area (Å²) in [6, 6.07) is 1.92. The van der Waals surface area contributed by atoms with Crippen molar-refractivity contribution in [2.45, 2.75) is 32.9 Å². The molecular weight excluding hydrogens is 150 g/mol. The van der Waals surface area contributed by atoms with Gasteiger partial charge in [0.05, 0.1) is 5.69 Å². The van der Waals surface area contributed by atoms with Crippen LogP contribution in [-0.2, 0) is 6.54 Å². The second-order valence-electron chi connectivity index (χ2n) is 3.80. The van der Waals surface area contributed by atoms with Gasteiger partial charge in [0.25, 0.3) is 0 Å². The van der Waals surface area contributed by atoms with E-state index in [9.17, 15) is 0 Å². The molecule has 0 spiro atoms. The number of hydrogen-bond acceptors (Lipinski definition) is 3. The van der Waals surface area contributed by atoms with Crippen molar-refractivity contribution in [3.63, 3.8) is 0 Å². The Morgan fingerprint density at radius 3 is 2.67 bits per heavy atom. The minimum Gasteiger partial charge on any atom is -0.306 e. The number of hydrogen-bond donors (Lipinski definition) is 1. The van der Waals surface area contributed by atoms with Crippen LogP contribution >= 0.6 is 0 Å². The number of nitrogens with zero attached hydrogens (tertiary/aromatic N) is 2. The fourth-order valence-electron chi connectivity index (χ4n) is 0.778. The molecular formula is C9H15N3. The molecule has 0 saturated carbocycles. The molecule has 0 radical (unpaired) electrons. The first-order chi connectivity index (χ1) is 5.58. The lowest BCUT2D eigenvalue weighted by Crippen LogP contribution is -2.35. The molecule has 1 heterocycles. The van der Waals surface area contributed by atoms with E-state index in [1.54, 1.807) is 12.5 Å². The van der Waals surface area contributed by atoms with E-state index in [1.165, 1.54) is 0 Å². The topological polar surface area (TPSA) is 37.8 Å². The van der Waals surface area contributed by atoms with E-state index < -0.39 is 0 Å². The lowest BCUT2D eigenvalue weighted by atomic mass is 10.1. The molecule has 12 heavy (non-hydrogen) atoms. The minimum absolute atomic E-state index is 0.144. The highest BCUT2D eigenvalue weighted by Gasteiger charge is 2.07. The number of nitrogens with one attached hydrogen (secondary N) is 1. The Bertz CT molecular complexity index is 225. The monoisotopic (exact) mass is 165 g/mol. The summed E-state index contributed by atoms with van der Waals surface area (Å²) in [5.41, 5.74) is 1.17. The van der Waals surface area contributed by atoms with Crippen molar-refractivity contribution in [3.8, 4) is 0 Å². The van der Waals surface area contributed by atoms with Gasteiger partial charge >= 0.3 is 0 Å². The molecule has 0 fully saturated rings. The molecule has 0 aliphatic carbocycles. The molecule has 66 valence electrons. The zero-order valence-electron chi connectivity index (χ0n) is 7.83. The van der Waals surface area contributed by atoms with Crippen LogP contribution in [0.2, 0.25) is 0 Å². The maximum absolute atomic E-state index is 4.11. The van der Waals surface area contributed by atoms with Crippen molar-refractivity contribution in [3.05, 3.63) is 24.3 Å². The lowest BCUT2D eigenvalue weighted by Gasteiger charge is -2.19. The highest BCUT2D eigenvalue weighted by atomic mass is 15.0. The Labute approximate surface area is 73.2 Å². The van der Waals surface area contributed by atoms with Gasteiger partial charge in [0.1, 0.15) is 6.33 Å². The highest BCUT2D eigenvalue weighted by molar-refractivity contribution is 4.97. The smallest absolute Gasteiger partial charge is 0.115 e. The van der Waals surface area contributed by atoms with Gasteiger partial charge in [-0.15, -0.1) is 0 Å². The van der Waals surface area contributed by atoms with Crippen LogP contribution in [0.1, 0.15) is 26.5 Å². The molecule has 1 aromatic rings. The Kier molecular flexibility index (Phi) is 2.76. The Morgan fingerprint density at radius 1 is 1.42 bits per heavy atom. The van der Waals surface area contributed by atoms with Crippen molar-refractivity contribution < 1.29 is 0 Å². The normalized spacial score (nSPS) is 11.6. The molecule has 1 aromatic heterocycles. The largest absolute Gasteiger partial charge is 0.306 e. The van der Waals surface area contributed by atoms with E-state index in [4.69, 9.17) is 0 Å². The Hall–Kier alpha value is -0.960. The predicted molar refractivity (Wildman–Crippen MR) is 48.6 cm³/mol. The van der Waals surface area contributed by atoms with Crippen molar-refractivity contribution >= 4 is 0 Å². The second kappa shape index (κ2) is 3.63. The quantitative estimate of drug-likeness (QED) is 0.719. The number of rotatable bonds is 2. The highest BCUT2D eigenvalue weighted by Crippen LogP contribution is 2.00. The molecule has 1 rings (SSSR count). The summed E-state index contributed by atoms with van der Waals surface area (Å²) in [6.45, 7) is 7.20. The van der Waals surface area contributed by atoms with E-state index in [1.807, 2.05) is 6.07 Å². The van der Waals surface area contributed by atoms with E-state index in [-0.39, 0.29) is 5.54 Å². The summed E-state index contributed by atoms with van der Waals surface area (Å²) < 4.78 is 0. The van der Waals surface area contributed by atoms with Crippen LogP contribution in [0.5, 0.6) is 0 Å². The van der Waals surface area contributed by atoms with Crippen LogP contribution in [0.4, 0.5) is 0 Å². The second-order valence-corrected chi connectivity index (χ2v) is 3.80. The molecule has 0 amide bonds. The molecule has 3 nitrogen and oxygen atoms in total. The van der Waals surface area contributed by atoms with Crippen LogP contribution in [0.25, 0.3) is 0 Å². The van der Waals surface area contributed by atoms with Crippen molar-refractivity contribution in [2.24, 2.45) is 0 Å². The van der Waals surface area contributed by atoms with Gasteiger partial charge in [0, 0.05) is 18.3 Å². The van der Waals surface area contributed by atoms with Crippen LogP contribution in [-0.4, -0.2) is 15.5 Å². The summed E-state index contributed by atoms with van der Waals surface area (Å²) in [6.07, 6.45) is 3.33. The molecule has 0 bridgehead atoms. The maximum Gasteiger partial charge on any atom is 0.115 e. The fraction of sp³-hybridized carbons (Fsp3) is 0.556. The van der Waals surface area contributed by atoms with Gasteiger partial charge in [-0.25, -0.2) is 9.97 Å². The molecule has 0 saturated heterocycles. The zero-order valence-corrected chi connectivity index (χ0v) is 7.83. The lowest BCUT2D eigenvalue weighted by molar-refractivity contribution is 0.421. The minimum atomic E-state index is 0.144. The maximum atomic E-state index is 4.11. The molecule has 0 atom stereocenters. The van der Waals surface area contributed by atoms with Gasteiger partial charge < -0.3 is 5.32 Å². The summed E-state index contributed by atoms with van der Waals surface area (Å²) in [5, 5.41) is 3.35. The van der Waals surface area contributed by atoms with E-state index in [0.29, 0.717) is 0 Å². The van der Waals surface area contributed by atoms with Gasteiger partial charge in [0.2, 0.25) is 0 Å².